The van der Waals surface area contributed by atoms with E-state index in [0.29, 0.717) is 22.6 Å². The van der Waals surface area contributed by atoms with Gasteiger partial charge in [-0.15, -0.1) is 0 Å². The van der Waals surface area contributed by atoms with Crippen LogP contribution in [-0.2, 0) is 12.3 Å². The van der Waals surface area contributed by atoms with E-state index in [1.165, 1.54) is 5.56 Å². The number of amides is 2. The van der Waals surface area contributed by atoms with E-state index in [2.05, 4.69) is 17.6 Å². The van der Waals surface area contributed by atoms with Gasteiger partial charge in [-0.1, -0.05) is 31.2 Å². The Morgan fingerprint density at radius 2 is 1.75 bits per heavy atom. The van der Waals surface area contributed by atoms with Crippen LogP contribution < -0.4 is 10.6 Å². The third-order valence-corrected chi connectivity index (χ3v) is 5.06. The fourth-order valence-electron chi connectivity index (χ4n) is 2.63. The molecule has 28 heavy (non-hydrogen) atoms. The fraction of sp³-hybridized carbons (Fsp3) is 0.182. The number of carbonyl (C=O) groups excluding carboxylic acids is 2. The van der Waals surface area contributed by atoms with Crippen LogP contribution in [0.25, 0.3) is 0 Å². The fourth-order valence-corrected chi connectivity index (χ4v) is 3.26. The van der Waals surface area contributed by atoms with Crippen LogP contribution in [-0.4, -0.2) is 17.6 Å². The highest BCUT2D eigenvalue weighted by Crippen LogP contribution is 2.18. The third-order valence-electron chi connectivity index (χ3n) is 4.11. The van der Waals surface area contributed by atoms with Gasteiger partial charge in [-0.3, -0.25) is 9.59 Å². The van der Waals surface area contributed by atoms with Gasteiger partial charge in [0.15, 0.2) is 0 Å². The van der Waals surface area contributed by atoms with Gasteiger partial charge in [0.25, 0.3) is 11.8 Å². The van der Waals surface area contributed by atoms with Crippen LogP contribution in [0.3, 0.4) is 0 Å². The van der Waals surface area contributed by atoms with Gasteiger partial charge in [0.2, 0.25) is 0 Å². The lowest BCUT2D eigenvalue weighted by molar-refractivity contribution is 0.0949. The first kappa shape index (κ1) is 19.8. The monoisotopic (exact) mass is 394 g/mol. The minimum absolute atomic E-state index is 0.249. The maximum Gasteiger partial charge on any atom is 0.255 e. The molecule has 2 amide bonds. The molecule has 0 spiro atoms. The first-order chi connectivity index (χ1) is 13.7. The van der Waals surface area contributed by atoms with Crippen molar-refractivity contribution in [2.75, 3.05) is 11.1 Å². The molecule has 0 unspecified atom stereocenters. The topological polar surface area (TPSA) is 71.3 Å². The number of carbonyl (C=O) groups is 2. The molecule has 2 N–H and O–H groups in total. The summed E-state index contributed by atoms with van der Waals surface area (Å²) in [6, 6.07) is 18.0. The second kappa shape index (κ2) is 9.80. The molecule has 144 valence electrons. The summed E-state index contributed by atoms with van der Waals surface area (Å²) in [5, 5.41) is 5.63. The highest BCUT2D eigenvalue weighted by Gasteiger charge is 2.14. The quantitative estimate of drug-likeness (QED) is 0.580. The summed E-state index contributed by atoms with van der Waals surface area (Å²) in [5.74, 6) is 2.12. The van der Waals surface area contributed by atoms with Gasteiger partial charge in [0.05, 0.1) is 24.1 Å². The zero-order chi connectivity index (χ0) is 19.8. The van der Waals surface area contributed by atoms with Crippen LogP contribution in [0.15, 0.2) is 71.3 Å². The summed E-state index contributed by atoms with van der Waals surface area (Å²) >= 11 is 1.84. The summed E-state index contributed by atoms with van der Waals surface area (Å²) in [6.45, 7) is 2.40. The molecular formula is C22H22N2O3S. The van der Waals surface area contributed by atoms with E-state index in [1.54, 1.807) is 54.8 Å². The molecule has 0 aliphatic rings. The third kappa shape index (κ3) is 5.27. The van der Waals surface area contributed by atoms with E-state index in [4.69, 9.17) is 4.42 Å². The number of rotatable bonds is 8. The van der Waals surface area contributed by atoms with Crippen molar-refractivity contribution in [3.05, 3.63) is 89.4 Å². The Kier molecular flexibility index (Phi) is 6.92. The zero-order valence-electron chi connectivity index (χ0n) is 15.6. The van der Waals surface area contributed by atoms with Crippen molar-refractivity contribution in [2.24, 2.45) is 0 Å². The standard InChI is InChI=1S/C22H22N2O3S/c1-2-28-15-16-9-11-17(12-10-16)21(25)24-20-8-4-3-7-19(20)22(26)23-14-18-6-5-13-27-18/h3-13H,2,14-15H2,1H3,(H,23,26)(H,24,25). The van der Waals surface area contributed by atoms with Crippen molar-refractivity contribution in [1.29, 1.82) is 0 Å². The first-order valence-electron chi connectivity index (χ1n) is 9.05. The van der Waals surface area contributed by atoms with Gasteiger partial charge < -0.3 is 15.1 Å². The Bertz CT molecular complexity index is 921. The summed E-state index contributed by atoms with van der Waals surface area (Å²) in [7, 11) is 0. The maximum atomic E-state index is 12.6. The van der Waals surface area contributed by atoms with Gasteiger partial charge in [-0.05, 0) is 47.7 Å². The number of thioether (sulfide) groups is 1. The number of anilines is 1. The van der Waals surface area contributed by atoms with E-state index in [-0.39, 0.29) is 18.4 Å². The van der Waals surface area contributed by atoms with Crippen LogP contribution in [0, 0.1) is 0 Å². The summed E-state index contributed by atoms with van der Waals surface area (Å²) in [4.78, 5) is 25.1. The largest absolute Gasteiger partial charge is 0.467 e. The van der Waals surface area contributed by atoms with Gasteiger partial charge >= 0.3 is 0 Å². The molecule has 1 heterocycles. The smallest absolute Gasteiger partial charge is 0.255 e. The van der Waals surface area contributed by atoms with E-state index < -0.39 is 0 Å². The molecule has 0 fully saturated rings. The SMILES string of the molecule is CCSCc1ccc(C(=O)Nc2ccccc2C(=O)NCc2ccco2)cc1. The van der Waals surface area contributed by atoms with Crippen molar-refractivity contribution in [3.63, 3.8) is 0 Å². The molecule has 3 aromatic rings. The Morgan fingerprint density at radius 1 is 0.964 bits per heavy atom. The Labute approximate surface area is 168 Å². The van der Waals surface area contributed by atoms with Crippen LogP contribution >= 0.6 is 11.8 Å². The predicted octanol–water partition coefficient (Wildman–Crippen LogP) is 4.72. The van der Waals surface area contributed by atoms with E-state index in [0.717, 1.165) is 11.5 Å². The summed E-state index contributed by atoms with van der Waals surface area (Å²) < 4.78 is 5.22. The van der Waals surface area contributed by atoms with Crippen molar-refractivity contribution in [1.82, 2.24) is 5.32 Å². The van der Waals surface area contributed by atoms with Crippen LogP contribution in [0.1, 0.15) is 39.0 Å². The van der Waals surface area contributed by atoms with Gasteiger partial charge in [0.1, 0.15) is 5.76 Å². The minimum atomic E-state index is -0.278. The van der Waals surface area contributed by atoms with E-state index in [9.17, 15) is 9.59 Å². The highest BCUT2D eigenvalue weighted by atomic mass is 32.2. The Balaban J connectivity index is 1.66. The van der Waals surface area contributed by atoms with Gasteiger partial charge in [0, 0.05) is 11.3 Å². The number of hydrogen-bond acceptors (Lipinski definition) is 4. The lowest BCUT2D eigenvalue weighted by atomic mass is 10.1. The first-order valence-corrected chi connectivity index (χ1v) is 10.2. The lowest BCUT2D eigenvalue weighted by Crippen LogP contribution is -2.24. The molecular weight excluding hydrogens is 372 g/mol. The Hall–Kier alpha value is -2.99. The molecule has 3 rings (SSSR count). The number of furan rings is 1. The van der Waals surface area contributed by atoms with Gasteiger partial charge in [-0.25, -0.2) is 0 Å². The molecule has 2 aromatic carbocycles. The molecule has 6 heteroatoms. The molecule has 0 bridgehead atoms. The Morgan fingerprint density at radius 3 is 2.46 bits per heavy atom. The van der Waals surface area contributed by atoms with Gasteiger partial charge in [-0.2, -0.15) is 11.8 Å². The van der Waals surface area contributed by atoms with Crippen molar-refractivity contribution >= 4 is 29.3 Å². The van der Waals surface area contributed by atoms with E-state index >= 15 is 0 Å². The molecule has 0 saturated heterocycles. The second-order valence-electron chi connectivity index (χ2n) is 6.10. The average Bonchev–Trinajstić information content (AvgIpc) is 3.25. The number of benzene rings is 2. The summed E-state index contributed by atoms with van der Waals surface area (Å²) in [6.07, 6.45) is 1.56. The lowest BCUT2D eigenvalue weighted by Gasteiger charge is -2.11. The maximum absolute atomic E-state index is 12.6. The minimum Gasteiger partial charge on any atom is -0.467 e. The highest BCUT2D eigenvalue weighted by molar-refractivity contribution is 7.98. The molecule has 0 saturated carbocycles. The predicted molar refractivity (Wildman–Crippen MR) is 113 cm³/mol. The van der Waals surface area contributed by atoms with Crippen LogP contribution in [0.4, 0.5) is 5.69 Å². The normalized spacial score (nSPS) is 10.5. The number of para-hydroxylation sites is 1. The number of hydrogen-bond donors (Lipinski definition) is 2. The second-order valence-corrected chi connectivity index (χ2v) is 7.37. The van der Waals surface area contributed by atoms with Crippen molar-refractivity contribution in [3.8, 4) is 0 Å². The van der Waals surface area contributed by atoms with Crippen LogP contribution in [0.5, 0.6) is 0 Å². The average molecular weight is 394 g/mol. The van der Waals surface area contributed by atoms with Crippen molar-refractivity contribution in [2.45, 2.75) is 19.2 Å². The molecule has 0 aliphatic heterocycles. The molecule has 0 atom stereocenters. The molecule has 0 radical (unpaired) electrons. The van der Waals surface area contributed by atoms with Crippen molar-refractivity contribution < 1.29 is 14.0 Å². The van der Waals surface area contributed by atoms with Crippen LogP contribution in [0.2, 0.25) is 0 Å². The molecule has 1 aromatic heterocycles. The molecule has 5 nitrogen and oxygen atoms in total. The zero-order valence-corrected chi connectivity index (χ0v) is 16.4. The molecule has 0 aliphatic carbocycles. The van der Waals surface area contributed by atoms with E-state index in [1.807, 2.05) is 23.9 Å². The number of nitrogens with one attached hydrogen (secondary N) is 2. The summed E-state index contributed by atoms with van der Waals surface area (Å²) in [5.41, 5.74) is 2.60.